The van der Waals surface area contributed by atoms with Crippen molar-refractivity contribution in [1.29, 1.82) is 5.26 Å². The molecule has 0 aliphatic carbocycles. The molecule has 1 aromatic heterocycles. The van der Waals surface area contributed by atoms with E-state index in [1.807, 2.05) is 13.0 Å². The Morgan fingerprint density at radius 2 is 1.78 bits per heavy atom. The van der Waals surface area contributed by atoms with Gasteiger partial charge in [0, 0.05) is 31.7 Å². The first-order valence-corrected chi connectivity index (χ1v) is 12.8. The average Bonchev–Trinajstić information content (AvgIpc) is 3.39. The second kappa shape index (κ2) is 11.2. The summed E-state index contributed by atoms with van der Waals surface area (Å²) in [4.78, 5) is 30.8. The first-order chi connectivity index (χ1) is 15.4. The molecule has 0 unspecified atom stereocenters. The van der Waals surface area contributed by atoms with E-state index < -0.39 is 0 Å². The Morgan fingerprint density at radius 1 is 1.09 bits per heavy atom. The molecule has 3 rings (SSSR count). The molecule has 2 saturated heterocycles. The van der Waals surface area contributed by atoms with Crippen LogP contribution < -0.4 is 10.5 Å². The molecule has 0 saturated carbocycles. The molecule has 0 N–H and O–H groups in total. The monoisotopic (exact) mass is 472 g/mol. The number of rotatable bonds is 9. The van der Waals surface area contributed by atoms with Crippen molar-refractivity contribution in [1.82, 2.24) is 9.47 Å². The highest BCUT2D eigenvalue weighted by Crippen LogP contribution is 2.36. The number of pyridine rings is 1. The topological polar surface area (TPSA) is 69.3 Å². The lowest BCUT2D eigenvalue weighted by Gasteiger charge is -2.27. The lowest BCUT2D eigenvalue weighted by Crippen LogP contribution is -2.33. The summed E-state index contributed by atoms with van der Waals surface area (Å²) >= 11 is 6.81. The third kappa shape index (κ3) is 4.94. The van der Waals surface area contributed by atoms with Gasteiger partial charge in [-0.25, -0.2) is 0 Å². The van der Waals surface area contributed by atoms with Crippen molar-refractivity contribution in [2.24, 2.45) is 0 Å². The smallest absolute Gasteiger partial charge is 0.270 e. The third-order valence-corrected chi connectivity index (χ3v) is 7.50. The van der Waals surface area contributed by atoms with Gasteiger partial charge in [-0.1, -0.05) is 57.1 Å². The van der Waals surface area contributed by atoms with E-state index in [0.717, 1.165) is 69.4 Å². The van der Waals surface area contributed by atoms with E-state index >= 15 is 0 Å². The van der Waals surface area contributed by atoms with Crippen molar-refractivity contribution >= 4 is 46.1 Å². The summed E-state index contributed by atoms with van der Waals surface area (Å²) in [5, 5.41) is 9.75. The van der Waals surface area contributed by atoms with Gasteiger partial charge in [-0.2, -0.15) is 5.26 Å². The summed E-state index contributed by atoms with van der Waals surface area (Å²) in [6.07, 6.45) is 8.88. The zero-order chi connectivity index (χ0) is 23.3. The Labute approximate surface area is 200 Å². The number of hydrogen-bond acceptors (Lipinski definition) is 6. The van der Waals surface area contributed by atoms with Crippen molar-refractivity contribution in [2.45, 2.75) is 72.3 Å². The second-order valence-electron chi connectivity index (χ2n) is 8.39. The summed E-state index contributed by atoms with van der Waals surface area (Å²) in [6, 6.07) is 2.12. The predicted molar refractivity (Wildman–Crippen MR) is 136 cm³/mol. The van der Waals surface area contributed by atoms with E-state index in [1.54, 1.807) is 9.47 Å². The number of thiocarbonyl (C=S) groups is 1. The Balaban J connectivity index is 2.12. The van der Waals surface area contributed by atoms with Gasteiger partial charge >= 0.3 is 0 Å². The standard InChI is InChI=1S/C24H32N4O2S2/c1-4-6-8-14-28-23(30)20(32-24(28)31)15-18-17(3)19(16-25)22(29)27(13-7-5-2)21(18)26-11-9-10-12-26/h15H,4-14H2,1-3H3/b20-15-. The van der Waals surface area contributed by atoms with Gasteiger partial charge in [-0.05, 0) is 44.2 Å². The quantitative estimate of drug-likeness (QED) is 0.292. The third-order valence-electron chi connectivity index (χ3n) is 6.12. The predicted octanol–water partition coefficient (Wildman–Crippen LogP) is 4.82. The number of unbranched alkanes of at least 4 members (excludes halogenated alkanes) is 3. The van der Waals surface area contributed by atoms with E-state index in [1.165, 1.54) is 11.8 Å². The molecule has 3 heterocycles. The summed E-state index contributed by atoms with van der Waals surface area (Å²) in [5.41, 5.74) is 1.37. The normalized spacial score (nSPS) is 17.6. The summed E-state index contributed by atoms with van der Waals surface area (Å²) in [5.74, 6) is 0.765. The maximum atomic E-state index is 13.2. The highest BCUT2D eigenvalue weighted by Gasteiger charge is 2.33. The second-order valence-corrected chi connectivity index (χ2v) is 10.1. The van der Waals surface area contributed by atoms with E-state index in [-0.39, 0.29) is 17.0 Å². The minimum absolute atomic E-state index is 0.0762. The summed E-state index contributed by atoms with van der Waals surface area (Å²) < 4.78 is 2.34. The minimum Gasteiger partial charge on any atom is -0.357 e. The number of hydrogen-bond donors (Lipinski definition) is 0. The molecule has 2 aliphatic rings. The van der Waals surface area contributed by atoms with Crippen LogP contribution in [0.4, 0.5) is 5.82 Å². The van der Waals surface area contributed by atoms with Crippen LogP contribution in [0.1, 0.15) is 75.5 Å². The van der Waals surface area contributed by atoms with Gasteiger partial charge in [0.25, 0.3) is 11.5 Å². The summed E-state index contributed by atoms with van der Waals surface area (Å²) in [7, 11) is 0. The Kier molecular flexibility index (Phi) is 8.55. The lowest BCUT2D eigenvalue weighted by molar-refractivity contribution is -0.122. The Bertz CT molecular complexity index is 1020. The number of thioether (sulfide) groups is 1. The van der Waals surface area contributed by atoms with Crippen LogP contribution in [0.3, 0.4) is 0 Å². The molecular formula is C24H32N4O2S2. The van der Waals surface area contributed by atoms with Crippen LogP contribution in [0.25, 0.3) is 6.08 Å². The van der Waals surface area contributed by atoms with Crippen molar-refractivity contribution in [3.63, 3.8) is 0 Å². The van der Waals surface area contributed by atoms with Gasteiger partial charge in [-0.15, -0.1) is 0 Å². The van der Waals surface area contributed by atoms with Crippen LogP contribution in [0.15, 0.2) is 9.70 Å². The van der Waals surface area contributed by atoms with E-state index in [0.29, 0.717) is 27.9 Å². The molecule has 2 fully saturated rings. The molecule has 0 bridgehead atoms. The molecule has 0 radical (unpaired) electrons. The first kappa shape index (κ1) is 24.5. The molecular weight excluding hydrogens is 440 g/mol. The van der Waals surface area contributed by atoms with Crippen LogP contribution in [0.5, 0.6) is 0 Å². The number of carbonyl (C=O) groups is 1. The molecule has 8 heteroatoms. The van der Waals surface area contributed by atoms with Gasteiger partial charge < -0.3 is 4.90 Å². The van der Waals surface area contributed by atoms with Crippen LogP contribution >= 0.6 is 24.0 Å². The fourth-order valence-corrected chi connectivity index (χ4v) is 5.57. The number of carbonyl (C=O) groups excluding carboxylic acids is 1. The first-order valence-electron chi connectivity index (χ1n) is 11.6. The molecule has 1 aromatic rings. The molecule has 0 aromatic carbocycles. The van der Waals surface area contributed by atoms with Crippen molar-refractivity contribution in [2.75, 3.05) is 24.5 Å². The van der Waals surface area contributed by atoms with Crippen LogP contribution in [0.2, 0.25) is 0 Å². The lowest BCUT2D eigenvalue weighted by atomic mass is 10.0. The zero-order valence-corrected chi connectivity index (χ0v) is 20.9. The van der Waals surface area contributed by atoms with E-state index in [4.69, 9.17) is 12.2 Å². The molecule has 2 aliphatic heterocycles. The fraction of sp³-hybridized carbons (Fsp3) is 0.583. The average molecular weight is 473 g/mol. The fourth-order valence-electron chi connectivity index (χ4n) is 4.28. The van der Waals surface area contributed by atoms with Gasteiger partial charge in [-0.3, -0.25) is 19.1 Å². The molecule has 32 heavy (non-hydrogen) atoms. The maximum Gasteiger partial charge on any atom is 0.270 e. The number of nitriles is 1. The molecule has 6 nitrogen and oxygen atoms in total. The van der Waals surface area contributed by atoms with Crippen molar-refractivity contribution < 1.29 is 4.79 Å². The van der Waals surface area contributed by atoms with Gasteiger partial charge in [0.1, 0.15) is 21.8 Å². The van der Waals surface area contributed by atoms with E-state index in [2.05, 4.69) is 24.8 Å². The number of aromatic nitrogens is 1. The SMILES string of the molecule is CCCCCN1C(=O)/C(=C/c2c(C)c(C#N)c(=O)n(CCCC)c2N2CCCC2)SC1=S. The van der Waals surface area contributed by atoms with Crippen LogP contribution in [0, 0.1) is 18.3 Å². The van der Waals surface area contributed by atoms with Gasteiger partial charge in [0.15, 0.2) is 0 Å². The molecule has 0 spiro atoms. The van der Waals surface area contributed by atoms with Gasteiger partial charge in [0.2, 0.25) is 0 Å². The minimum atomic E-state index is -0.232. The van der Waals surface area contributed by atoms with Crippen molar-refractivity contribution in [3.05, 3.63) is 31.9 Å². The largest absolute Gasteiger partial charge is 0.357 e. The molecule has 0 atom stereocenters. The maximum absolute atomic E-state index is 13.2. The Morgan fingerprint density at radius 3 is 2.41 bits per heavy atom. The van der Waals surface area contributed by atoms with Crippen molar-refractivity contribution in [3.8, 4) is 6.07 Å². The number of nitrogens with zero attached hydrogens (tertiary/aromatic N) is 4. The number of amides is 1. The summed E-state index contributed by atoms with van der Waals surface area (Å²) in [6.45, 7) is 8.98. The van der Waals surface area contributed by atoms with Crippen LogP contribution in [-0.4, -0.2) is 39.3 Å². The van der Waals surface area contributed by atoms with Gasteiger partial charge in [0.05, 0.1) is 4.91 Å². The highest BCUT2D eigenvalue weighted by molar-refractivity contribution is 8.26. The molecule has 1 amide bonds. The van der Waals surface area contributed by atoms with E-state index in [9.17, 15) is 14.9 Å². The molecule has 172 valence electrons. The highest BCUT2D eigenvalue weighted by atomic mass is 32.2. The Hall–Kier alpha value is -2.11. The zero-order valence-electron chi connectivity index (χ0n) is 19.3. The van der Waals surface area contributed by atoms with Crippen LogP contribution in [-0.2, 0) is 11.3 Å². The number of anilines is 1.